The molecule has 1 aromatic heterocycles. The van der Waals surface area contributed by atoms with Gasteiger partial charge in [-0.15, -0.1) is 11.3 Å². The van der Waals surface area contributed by atoms with Crippen LogP contribution in [0.2, 0.25) is 0 Å². The predicted octanol–water partition coefficient (Wildman–Crippen LogP) is 7.34. The molecule has 4 nitrogen and oxygen atoms in total. The highest BCUT2D eigenvalue weighted by Crippen LogP contribution is 2.39. The molecule has 2 aromatic carbocycles. The molecule has 1 aliphatic heterocycles. The van der Waals surface area contributed by atoms with E-state index in [0.717, 1.165) is 15.3 Å². The van der Waals surface area contributed by atoms with Crippen LogP contribution in [0.4, 0.5) is 30.7 Å². The molecule has 2 heterocycles. The summed E-state index contributed by atoms with van der Waals surface area (Å²) in [5.41, 5.74) is -2.57. The highest BCUT2D eigenvalue weighted by molar-refractivity contribution is 7.10. The number of hydrogen-bond acceptors (Lipinski definition) is 3. The van der Waals surface area contributed by atoms with Crippen molar-refractivity contribution >= 4 is 23.2 Å². The summed E-state index contributed by atoms with van der Waals surface area (Å²) in [6.07, 6.45) is -9.43. The number of rotatable bonds is 6. The Morgan fingerprint density at radius 2 is 1.60 bits per heavy atom. The quantitative estimate of drug-likeness (QED) is 0.284. The third-order valence-electron chi connectivity index (χ3n) is 7.00. The summed E-state index contributed by atoms with van der Waals surface area (Å²) in [6.45, 7) is 2.94. The summed E-state index contributed by atoms with van der Waals surface area (Å²) >= 11 is 1.51. The SMILES string of the molecule is CCC(C)N(CC(=O)N1CCc2sccc2C1c1ccc(F)cc1)C(=O)c1cc(C(F)(F)F)cc(C(F)(F)F)c1. The molecule has 0 bridgehead atoms. The van der Waals surface area contributed by atoms with Crippen LogP contribution in [0.3, 0.4) is 0 Å². The van der Waals surface area contributed by atoms with Crippen LogP contribution in [-0.2, 0) is 23.6 Å². The zero-order valence-corrected chi connectivity index (χ0v) is 22.3. The standard InChI is InChI=1S/C28H25F7N2O2S/c1-3-16(2)37(26(39)18-12-19(27(30,31)32)14-20(13-18)28(33,34)35)15-24(38)36-10-8-23-22(9-11-40-23)25(36)17-4-6-21(29)7-5-17/h4-7,9,11-14,16,25H,3,8,10,15H2,1-2H3. The van der Waals surface area contributed by atoms with E-state index in [1.54, 1.807) is 26.0 Å². The minimum atomic E-state index is -5.12. The Bertz CT molecular complexity index is 1350. The van der Waals surface area contributed by atoms with E-state index in [4.69, 9.17) is 0 Å². The lowest BCUT2D eigenvalue weighted by molar-refractivity contribution is -0.143. The van der Waals surface area contributed by atoms with Crippen LogP contribution in [0.5, 0.6) is 0 Å². The van der Waals surface area contributed by atoms with Crippen LogP contribution >= 0.6 is 11.3 Å². The first-order chi connectivity index (χ1) is 18.7. The van der Waals surface area contributed by atoms with Crippen molar-refractivity contribution in [3.63, 3.8) is 0 Å². The number of carbonyl (C=O) groups is 2. The number of thiophene rings is 1. The maximum Gasteiger partial charge on any atom is 0.416 e. The summed E-state index contributed by atoms with van der Waals surface area (Å²) in [7, 11) is 0. The van der Waals surface area contributed by atoms with Crippen LogP contribution in [0, 0.1) is 5.82 Å². The van der Waals surface area contributed by atoms with Crippen LogP contribution in [0.15, 0.2) is 53.9 Å². The Morgan fingerprint density at radius 3 is 2.15 bits per heavy atom. The molecule has 4 rings (SSSR count). The number of halogens is 7. The van der Waals surface area contributed by atoms with Gasteiger partial charge >= 0.3 is 12.4 Å². The van der Waals surface area contributed by atoms with Crippen molar-refractivity contribution in [1.29, 1.82) is 0 Å². The molecule has 2 unspecified atom stereocenters. The highest BCUT2D eigenvalue weighted by Gasteiger charge is 2.39. The largest absolute Gasteiger partial charge is 0.416 e. The van der Waals surface area contributed by atoms with Crippen LogP contribution in [0.1, 0.15) is 63.8 Å². The number of benzene rings is 2. The van der Waals surface area contributed by atoms with Crippen LogP contribution < -0.4 is 0 Å². The lowest BCUT2D eigenvalue weighted by atomic mass is 9.93. The number of alkyl halides is 6. The number of amides is 2. The van der Waals surface area contributed by atoms with Gasteiger partial charge in [0, 0.05) is 23.0 Å². The van der Waals surface area contributed by atoms with E-state index >= 15 is 0 Å². The smallest absolute Gasteiger partial charge is 0.330 e. The topological polar surface area (TPSA) is 40.6 Å². The second-order valence-electron chi connectivity index (χ2n) is 9.58. The molecule has 2 amide bonds. The van der Waals surface area contributed by atoms with E-state index < -0.39 is 65.3 Å². The van der Waals surface area contributed by atoms with Crippen molar-refractivity contribution in [3.05, 3.63) is 92.4 Å². The third kappa shape index (κ3) is 6.16. The molecule has 0 radical (unpaired) electrons. The number of nitrogens with zero attached hydrogens (tertiary/aromatic N) is 2. The minimum absolute atomic E-state index is 0.0466. The molecule has 2 atom stereocenters. The molecule has 40 heavy (non-hydrogen) atoms. The Labute approximate surface area is 230 Å². The van der Waals surface area contributed by atoms with Crippen molar-refractivity contribution in [2.45, 2.75) is 51.1 Å². The van der Waals surface area contributed by atoms with E-state index in [9.17, 15) is 40.3 Å². The zero-order chi connectivity index (χ0) is 29.4. The zero-order valence-electron chi connectivity index (χ0n) is 21.4. The van der Waals surface area contributed by atoms with Crippen molar-refractivity contribution in [3.8, 4) is 0 Å². The lowest BCUT2D eigenvalue weighted by Crippen LogP contribution is -2.49. The number of hydrogen-bond donors (Lipinski definition) is 0. The van der Waals surface area contributed by atoms with Gasteiger partial charge in [0.1, 0.15) is 12.4 Å². The first-order valence-electron chi connectivity index (χ1n) is 12.4. The van der Waals surface area contributed by atoms with Gasteiger partial charge in [-0.1, -0.05) is 19.1 Å². The molecular weight excluding hydrogens is 561 g/mol. The van der Waals surface area contributed by atoms with E-state index in [1.807, 2.05) is 11.4 Å². The third-order valence-corrected chi connectivity index (χ3v) is 7.99. The van der Waals surface area contributed by atoms with Crippen LogP contribution in [-0.4, -0.2) is 40.7 Å². The summed E-state index contributed by atoms with van der Waals surface area (Å²) in [5.74, 6) is -2.12. The minimum Gasteiger partial charge on any atom is -0.330 e. The molecule has 0 saturated carbocycles. The maximum atomic E-state index is 13.7. The molecule has 0 fully saturated rings. The van der Waals surface area contributed by atoms with Gasteiger partial charge < -0.3 is 9.80 Å². The fraction of sp³-hybridized carbons (Fsp3) is 0.357. The Kier molecular flexibility index (Phi) is 8.30. The average Bonchev–Trinajstić information content (AvgIpc) is 3.38. The maximum absolute atomic E-state index is 13.7. The molecule has 12 heteroatoms. The predicted molar refractivity (Wildman–Crippen MR) is 135 cm³/mol. The molecule has 0 N–H and O–H groups in total. The van der Waals surface area contributed by atoms with Gasteiger partial charge in [0.2, 0.25) is 5.91 Å². The average molecular weight is 587 g/mol. The highest BCUT2D eigenvalue weighted by atomic mass is 32.1. The van der Waals surface area contributed by atoms with Crippen molar-refractivity contribution in [2.75, 3.05) is 13.1 Å². The monoisotopic (exact) mass is 586 g/mol. The van der Waals surface area contributed by atoms with E-state index in [-0.39, 0.29) is 12.6 Å². The Morgan fingerprint density at radius 1 is 1.00 bits per heavy atom. The first kappa shape index (κ1) is 29.6. The van der Waals surface area contributed by atoms with E-state index in [2.05, 4.69) is 0 Å². The molecule has 1 aliphatic rings. The molecule has 214 valence electrons. The second-order valence-corrected chi connectivity index (χ2v) is 10.6. The van der Waals surface area contributed by atoms with Crippen molar-refractivity contribution in [1.82, 2.24) is 9.80 Å². The van der Waals surface area contributed by atoms with Gasteiger partial charge in [-0.3, -0.25) is 9.59 Å². The van der Waals surface area contributed by atoms with E-state index in [0.29, 0.717) is 30.5 Å². The van der Waals surface area contributed by atoms with Gasteiger partial charge in [0.15, 0.2) is 0 Å². The van der Waals surface area contributed by atoms with Gasteiger partial charge in [0.25, 0.3) is 5.91 Å². The molecule has 0 saturated heterocycles. The lowest BCUT2D eigenvalue weighted by Gasteiger charge is -2.38. The fourth-order valence-electron chi connectivity index (χ4n) is 4.72. The summed E-state index contributed by atoms with van der Waals surface area (Å²) in [5, 5.41) is 1.87. The van der Waals surface area contributed by atoms with Crippen molar-refractivity contribution < 1.29 is 40.3 Å². The van der Waals surface area contributed by atoms with Gasteiger partial charge in [0.05, 0.1) is 17.2 Å². The van der Waals surface area contributed by atoms with Gasteiger partial charge in [-0.25, -0.2) is 4.39 Å². The summed E-state index contributed by atoms with van der Waals surface area (Å²) in [6, 6.07) is 6.90. The molecular formula is C28H25F7N2O2S. The Hall–Kier alpha value is -3.41. The van der Waals surface area contributed by atoms with Gasteiger partial charge in [-0.05, 0) is 72.7 Å². The van der Waals surface area contributed by atoms with Crippen LogP contribution in [0.25, 0.3) is 0 Å². The summed E-state index contributed by atoms with van der Waals surface area (Å²) in [4.78, 5) is 30.7. The molecule has 3 aromatic rings. The Balaban J connectivity index is 1.70. The molecule has 0 spiro atoms. The summed E-state index contributed by atoms with van der Waals surface area (Å²) < 4.78 is 94.2. The number of fused-ring (bicyclic) bond motifs is 1. The first-order valence-corrected chi connectivity index (χ1v) is 13.3. The van der Waals surface area contributed by atoms with E-state index in [1.165, 1.54) is 28.4 Å². The second kappa shape index (κ2) is 11.2. The fourth-order valence-corrected chi connectivity index (χ4v) is 5.62. The number of carbonyl (C=O) groups excluding carboxylic acids is 2. The molecule has 0 aliphatic carbocycles. The van der Waals surface area contributed by atoms with Crippen molar-refractivity contribution in [2.24, 2.45) is 0 Å². The normalized spacial score (nSPS) is 16.4. The van der Waals surface area contributed by atoms with Gasteiger partial charge in [-0.2, -0.15) is 26.3 Å².